The Morgan fingerprint density at radius 1 is 1.12 bits per heavy atom. The minimum atomic E-state index is -0.0602. The molecule has 1 aromatic heterocycles. The average Bonchev–Trinajstić information content (AvgIpc) is 3.29. The number of Topliss-reactive ketones (excluding diaryl/α,β-unsaturated/α-hetero) is 1. The zero-order chi connectivity index (χ0) is 23.9. The molecule has 2 aromatic carbocycles. The maximum Gasteiger partial charge on any atom is 0.142 e. The molecule has 0 N–H and O–H groups in total. The van der Waals surface area contributed by atoms with Crippen molar-refractivity contribution in [2.24, 2.45) is 0 Å². The van der Waals surface area contributed by atoms with Gasteiger partial charge < -0.3 is 14.4 Å². The lowest BCUT2D eigenvalue weighted by atomic mass is 9.94. The van der Waals surface area contributed by atoms with Gasteiger partial charge in [0.25, 0.3) is 0 Å². The van der Waals surface area contributed by atoms with E-state index < -0.39 is 0 Å². The normalized spacial score (nSPS) is 13.4. The molecule has 0 fully saturated rings. The molecule has 4 nitrogen and oxygen atoms in total. The Morgan fingerprint density at radius 3 is 2.65 bits per heavy atom. The zero-order valence-corrected chi connectivity index (χ0v) is 20.9. The largest absolute Gasteiger partial charge is 0.495 e. The van der Waals surface area contributed by atoms with Crippen LogP contribution in [-0.2, 0) is 24.4 Å². The number of ketones is 1. The average molecular weight is 474 g/mol. The van der Waals surface area contributed by atoms with Crippen LogP contribution in [0.5, 0.6) is 11.5 Å². The van der Waals surface area contributed by atoms with Crippen LogP contribution < -0.4 is 14.4 Å². The quantitative estimate of drug-likeness (QED) is 0.338. The van der Waals surface area contributed by atoms with Gasteiger partial charge in [-0.2, -0.15) is 0 Å². The van der Waals surface area contributed by atoms with E-state index in [0.29, 0.717) is 13.0 Å². The second kappa shape index (κ2) is 11.3. The topological polar surface area (TPSA) is 38.8 Å². The van der Waals surface area contributed by atoms with Crippen molar-refractivity contribution in [3.63, 3.8) is 0 Å². The van der Waals surface area contributed by atoms with Gasteiger partial charge in [-0.25, -0.2) is 0 Å². The highest BCUT2D eigenvalue weighted by Crippen LogP contribution is 2.37. The van der Waals surface area contributed by atoms with E-state index in [1.54, 1.807) is 32.3 Å². The summed E-state index contributed by atoms with van der Waals surface area (Å²) in [5, 5.41) is 0. The molecule has 0 spiro atoms. The molecule has 0 aliphatic carbocycles. The van der Waals surface area contributed by atoms with Crippen LogP contribution in [0.4, 0.5) is 5.69 Å². The molecule has 0 bridgehead atoms. The number of anilines is 1. The predicted octanol–water partition coefficient (Wildman–Crippen LogP) is 6.37. The molecule has 2 heterocycles. The maximum absolute atomic E-state index is 11.5. The van der Waals surface area contributed by atoms with Crippen LogP contribution in [0.25, 0.3) is 0 Å². The number of thiophene rings is 1. The smallest absolute Gasteiger partial charge is 0.142 e. The molecule has 1 aliphatic rings. The van der Waals surface area contributed by atoms with Crippen LogP contribution in [0.3, 0.4) is 0 Å². The van der Waals surface area contributed by atoms with E-state index in [1.807, 2.05) is 30.3 Å². The van der Waals surface area contributed by atoms with Gasteiger partial charge in [0.1, 0.15) is 23.9 Å². The Bertz CT molecular complexity index is 1170. The van der Waals surface area contributed by atoms with Gasteiger partial charge in [-0.1, -0.05) is 30.2 Å². The number of hydrogen-bond acceptors (Lipinski definition) is 5. The van der Waals surface area contributed by atoms with Crippen molar-refractivity contribution in [1.82, 2.24) is 0 Å². The number of rotatable bonds is 9. The number of benzene rings is 2. The molecule has 34 heavy (non-hydrogen) atoms. The number of ether oxygens (including phenoxy) is 2. The van der Waals surface area contributed by atoms with Crippen molar-refractivity contribution < 1.29 is 14.3 Å². The van der Waals surface area contributed by atoms with Crippen LogP contribution in [0, 0.1) is 11.8 Å². The van der Waals surface area contributed by atoms with E-state index in [1.165, 1.54) is 21.0 Å². The third-order valence-electron chi connectivity index (χ3n) is 6.03. The van der Waals surface area contributed by atoms with Crippen LogP contribution in [0.1, 0.15) is 53.5 Å². The van der Waals surface area contributed by atoms with E-state index in [0.717, 1.165) is 43.0 Å². The number of para-hydroxylation sites is 1. The molecule has 1 aliphatic heterocycles. The Labute approximate surface area is 206 Å². The molecule has 1 atom stereocenters. The predicted molar refractivity (Wildman–Crippen MR) is 139 cm³/mol. The Hall–Kier alpha value is -3.23. The molecule has 0 saturated heterocycles. The first-order valence-electron chi connectivity index (χ1n) is 11.7. The monoisotopic (exact) mass is 473 g/mol. The number of methoxy groups -OCH3 is 1. The van der Waals surface area contributed by atoms with Crippen molar-refractivity contribution in [2.45, 2.75) is 52.2 Å². The second-order valence-electron chi connectivity index (χ2n) is 8.57. The molecular weight excluding hydrogens is 442 g/mol. The van der Waals surface area contributed by atoms with Gasteiger partial charge >= 0.3 is 0 Å². The fraction of sp³-hybridized carbons (Fsp3) is 0.345. The third kappa shape index (κ3) is 5.81. The van der Waals surface area contributed by atoms with E-state index in [-0.39, 0.29) is 11.7 Å². The molecule has 0 saturated carbocycles. The van der Waals surface area contributed by atoms with Crippen molar-refractivity contribution >= 4 is 22.8 Å². The molecule has 5 heteroatoms. The van der Waals surface area contributed by atoms with E-state index >= 15 is 0 Å². The summed E-state index contributed by atoms with van der Waals surface area (Å²) in [6.45, 7) is 5.87. The first-order chi connectivity index (χ1) is 16.6. The minimum Gasteiger partial charge on any atom is -0.495 e. The van der Waals surface area contributed by atoms with Crippen LogP contribution in [0.15, 0.2) is 54.6 Å². The van der Waals surface area contributed by atoms with Gasteiger partial charge in [-0.3, -0.25) is 4.79 Å². The summed E-state index contributed by atoms with van der Waals surface area (Å²) in [6.07, 6.45) is 2.70. The van der Waals surface area contributed by atoms with Crippen LogP contribution >= 0.6 is 11.3 Å². The number of fused-ring (bicyclic) bond motifs is 1. The fourth-order valence-corrected chi connectivity index (χ4v) is 5.41. The highest BCUT2D eigenvalue weighted by atomic mass is 32.1. The molecule has 0 amide bonds. The number of aryl methyl sites for hydroxylation is 1. The SMILES string of the molecule is CC#CC(CC(C)=O)c1ccc(OCc2ccc(CN3CCCc4cccc(OC)c43)s2)cc1. The van der Waals surface area contributed by atoms with Gasteiger partial charge in [-0.05, 0) is 68.1 Å². The van der Waals surface area contributed by atoms with Gasteiger partial charge in [0, 0.05) is 22.7 Å². The highest BCUT2D eigenvalue weighted by Gasteiger charge is 2.21. The van der Waals surface area contributed by atoms with E-state index in [4.69, 9.17) is 9.47 Å². The summed E-state index contributed by atoms with van der Waals surface area (Å²) in [6, 6.07) is 18.6. The maximum atomic E-state index is 11.5. The lowest BCUT2D eigenvalue weighted by Gasteiger charge is -2.32. The third-order valence-corrected chi connectivity index (χ3v) is 7.07. The summed E-state index contributed by atoms with van der Waals surface area (Å²) in [5.74, 6) is 7.93. The zero-order valence-electron chi connectivity index (χ0n) is 20.1. The summed E-state index contributed by atoms with van der Waals surface area (Å²) in [5.41, 5.74) is 3.65. The van der Waals surface area contributed by atoms with Crippen molar-refractivity contribution in [3.05, 3.63) is 75.5 Å². The van der Waals surface area contributed by atoms with Crippen molar-refractivity contribution in [1.29, 1.82) is 0 Å². The lowest BCUT2D eigenvalue weighted by molar-refractivity contribution is -0.117. The van der Waals surface area contributed by atoms with E-state index in [9.17, 15) is 4.79 Å². The van der Waals surface area contributed by atoms with Gasteiger partial charge in [0.2, 0.25) is 0 Å². The fourth-order valence-electron chi connectivity index (χ4n) is 4.46. The lowest BCUT2D eigenvalue weighted by Crippen LogP contribution is -2.28. The second-order valence-corrected chi connectivity index (χ2v) is 9.82. The minimum absolute atomic E-state index is 0.0602. The molecule has 4 rings (SSSR count). The molecule has 1 unspecified atom stereocenters. The van der Waals surface area contributed by atoms with Gasteiger partial charge in [-0.15, -0.1) is 17.3 Å². The standard InChI is InChI=1S/C29H31NO3S/c1-4-7-24(18-21(2)31)22-11-13-25(14-12-22)33-20-27-16-15-26(34-27)19-30-17-6-9-23-8-5-10-28(32-3)29(23)30/h5,8,10-16,24H,6,9,17-20H2,1-3H3. The molecule has 176 valence electrons. The Balaban J connectivity index is 1.37. The number of hydrogen-bond donors (Lipinski definition) is 0. The van der Waals surface area contributed by atoms with Crippen molar-refractivity contribution in [2.75, 3.05) is 18.6 Å². The first-order valence-corrected chi connectivity index (χ1v) is 12.5. The number of carbonyl (C=O) groups excluding carboxylic acids is 1. The van der Waals surface area contributed by atoms with Crippen LogP contribution in [0.2, 0.25) is 0 Å². The number of carbonyl (C=O) groups is 1. The summed E-state index contributed by atoms with van der Waals surface area (Å²) in [4.78, 5) is 16.5. The Kier molecular flexibility index (Phi) is 7.92. The van der Waals surface area contributed by atoms with E-state index in [2.05, 4.69) is 41.0 Å². The number of nitrogens with zero attached hydrogens (tertiary/aromatic N) is 1. The van der Waals surface area contributed by atoms with Gasteiger partial charge in [0.15, 0.2) is 0 Å². The summed E-state index contributed by atoms with van der Waals surface area (Å²) in [7, 11) is 1.75. The molecule has 3 aromatic rings. The van der Waals surface area contributed by atoms with Crippen molar-refractivity contribution in [3.8, 4) is 23.3 Å². The summed E-state index contributed by atoms with van der Waals surface area (Å²) < 4.78 is 11.7. The highest BCUT2D eigenvalue weighted by molar-refractivity contribution is 7.11. The molecule has 0 radical (unpaired) electrons. The van der Waals surface area contributed by atoms with Crippen LogP contribution in [-0.4, -0.2) is 19.4 Å². The summed E-state index contributed by atoms with van der Waals surface area (Å²) >= 11 is 1.79. The first kappa shape index (κ1) is 23.9. The Morgan fingerprint density at radius 2 is 1.91 bits per heavy atom. The molecular formula is C29H31NO3S. The van der Waals surface area contributed by atoms with Gasteiger partial charge in [0.05, 0.1) is 25.3 Å².